The van der Waals surface area contributed by atoms with E-state index in [-0.39, 0.29) is 18.0 Å². The van der Waals surface area contributed by atoms with Crippen LogP contribution in [0.4, 0.5) is 11.6 Å². The third kappa shape index (κ3) is 6.22. The third-order valence-corrected chi connectivity index (χ3v) is 6.31. The first-order chi connectivity index (χ1) is 17.1. The van der Waals surface area contributed by atoms with Crippen LogP contribution in [-0.2, 0) is 4.74 Å². The predicted molar refractivity (Wildman–Crippen MR) is 133 cm³/mol. The molecule has 0 saturated heterocycles. The highest BCUT2D eigenvalue weighted by molar-refractivity contribution is 5.95. The lowest BCUT2D eigenvalue weighted by atomic mass is 9.96. The topological polar surface area (TPSA) is 118 Å². The lowest BCUT2D eigenvalue weighted by molar-refractivity contribution is 0.0905. The zero-order valence-corrected chi connectivity index (χ0v) is 20.1. The van der Waals surface area contributed by atoms with Crippen LogP contribution in [0.5, 0.6) is 0 Å². The van der Waals surface area contributed by atoms with Crippen molar-refractivity contribution in [3.05, 3.63) is 54.5 Å². The highest BCUT2D eigenvalue weighted by Gasteiger charge is 2.27. The van der Waals surface area contributed by atoms with Crippen LogP contribution in [0.3, 0.4) is 0 Å². The van der Waals surface area contributed by atoms with E-state index in [0.29, 0.717) is 36.1 Å². The second-order valence-electron chi connectivity index (χ2n) is 8.98. The summed E-state index contributed by atoms with van der Waals surface area (Å²) in [5, 5.41) is 20.0. The summed E-state index contributed by atoms with van der Waals surface area (Å²) in [7, 11) is 1.60. The summed E-state index contributed by atoms with van der Waals surface area (Å²) in [5.41, 5.74) is 2.85. The van der Waals surface area contributed by atoms with Gasteiger partial charge in [-0.25, -0.2) is 9.97 Å². The second kappa shape index (κ2) is 11.6. The molecule has 2 heterocycles. The van der Waals surface area contributed by atoms with Crippen molar-refractivity contribution >= 4 is 17.5 Å². The molecule has 0 aliphatic heterocycles. The Hall–Kier alpha value is -3.77. The maximum Gasteiger partial charge on any atom is 0.251 e. The van der Waals surface area contributed by atoms with Crippen molar-refractivity contribution in [2.45, 2.75) is 51.1 Å². The van der Waals surface area contributed by atoms with Gasteiger partial charge in [-0.1, -0.05) is 18.9 Å². The number of nitriles is 1. The Balaban J connectivity index is 1.48. The Bertz CT molecular complexity index is 1180. The molecule has 3 aromatic rings. The summed E-state index contributed by atoms with van der Waals surface area (Å²) in [4.78, 5) is 21.5. The van der Waals surface area contributed by atoms with E-state index in [2.05, 4.69) is 31.8 Å². The van der Waals surface area contributed by atoms with Gasteiger partial charge in [0.15, 0.2) is 0 Å². The Kier molecular flexibility index (Phi) is 8.06. The number of anilines is 2. The Morgan fingerprint density at radius 3 is 2.91 bits per heavy atom. The predicted octanol–water partition coefficient (Wildman–Crippen LogP) is 4.49. The number of amides is 1. The first-order valence-electron chi connectivity index (χ1n) is 12.0. The molecule has 2 aromatic heterocycles. The van der Waals surface area contributed by atoms with Gasteiger partial charge in [0.05, 0.1) is 37.0 Å². The number of nitrogens with one attached hydrogen (secondary N) is 2. The van der Waals surface area contributed by atoms with Gasteiger partial charge in [0.25, 0.3) is 5.91 Å². The average molecular weight is 474 g/mol. The summed E-state index contributed by atoms with van der Waals surface area (Å²) in [6.45, 7) is 2.33. The molecule has 2 unspecified atom stereocenters. The molecular weight excluding hydrogens is 442 g/mol. The molecule has 35 heavy (non-hydrogen) atoms. The fourth-order valence-electron chi connectivity index (χ4n) is 4.61. The Labute approximate surface area is 205 Å². The van der Waals surface area contributed by atoms with Crippen LogP contribution in [-0.4, -0.2) is 45.4 Å². The molecule has 0 radical (unpaired) electrons. The van der Waals surface area contributed by atoms with Gasteiger partial charge >= 0.3 is 0 Å². The van der Waals surface area contributed by atoms with E-state index < -0.39 is 0 Å². The molecular formula is C26H31N7O2. The van der Waals surface area contributed by atoms with Gasteiger partial charge in [-0.05, 0) is 49.9 Å². The minimum Gasteiger partial charge on any atom is -0.383 e. The monoisotopic (exact) mass is 473 g/mol. The molecule has 1 fully saturated rings. The molecule has 1 aromatic carbocycles. The van der Waals surface area contributed by atoms with Crippen LogP contribution in [0.1, 0.15) is 55.4 Å². The van der Waals surface area contributed by atoms with E-state index in [1.54, 1.807) is 31.6 Å². The number of hydrogen-bond donors (Lipinski definition) is 2. The highest BCUT2D eigenvalue weighted by Crippen LogP contribution is 2.36. The largest absolute Gasteiger partial charge is 0.383 e. The van der Waals surface area contributed by atoms with Gasteiger partial charge in [-0.15, -0.1) is 0 Å². The van der Waals surface area contributed by atoms with Crippen LogP contribution < -0.4 is 10.6 Å². The minimum absolute atomic E-state index is 0.0912. The molecule has 2 atom stereocenters. The molecule has 1 aliphatic carbocycles. The molecule has 0 spiro atoms. The number of rotatable bonds is 10. The lowest BCUT2D eigenvalue weighted by Crippen LogP contribution is -2.35. The third-order valence-electron chi connectivity index (χ3n) is 6.31. The van der Waals surface area contributed by atoms with Crippen LogP contribution in [0.15, 0.2) is 48.9 Å². The average Bonchev–Trinajstić information content (AvgIpc) is 3.56. The maximum absolute atomic E-state index is 12.5. The molecule has 1 aliphatic rings. The SMILES string of the molecule is COCC(C)NC(=O)c1cccc(Nc2nccc(-c3cnn(C(CC#N)C4CCCC4)c3)n2)c1. The van der Waals surface area contributed by atoms with E-state index >= 15 is 0 Å². The molecule has 4 rings (SSSR count). The van der Waals surface area contributed by atoms with Crippen LogP contribution in [0.2, 0.25) is 0 Å². The van der Waals surface area contributed by atoms with Gasteiger partial charge < -0.3 is 15.4 Å². The standard InChI is InChI=1S/C26H31N7O2/c1-18(17-35-2)30-25(34)20-8-5-9-22(14-20)31-26-28-13-11-23(32-26)21-15-29-33(16-21)24(10-12-27)19-6-3-4-7-19/h5,8-9,11,13-16,18-19,24H,3-4,6-7,10,17H2,1-2H3,(H,30,34)(H,28,31,32). The van der Waals surface area contributed by atoms with Crippen LogP contribution in [0.25, 0.3) is 11.3 Å². The van der Waals surface area contributed by atoms with E-state index in [0.717, 1.165) is 24.1 Å². The molecule has 2 N–H and O–H groups in total. The molecule has 1 saturated carbocycles. The van der Waals surface area contributed by atoms with Crippen molar-refractivity contribution in [1.29, 1.82) is 5.26 Å². The highest BCUT2D eigenvalue weighted by atomic mass is 16.5. The Morgan fingerprint density at radius 2 is 2.14 bits per heavy atom. The first kappa shape index (κ1) is 24.4. The Morgan fingerprint density at radius 1 is 1.31 bits per heavy atom. The zero-order valence-electron chi connectivity index (χ0n) is 20.1. The smallest absolute Gasteiger partial charge is 0.251 e. The summed E-state index contributed by atoms with van der Waals surface area (Å²) in [6.07, 6.45) is 10.6. The van der Waals surface area contributed by atoms with E-state index in [1.165, 1.54) is 12.8 Å². The van der Waals surface area contributed by atoms with E-state index in [1.807, 2.05) is 36.0 Å². The van der Waals surface area contributed by atoms with Crippen molar-refractivity contribution in [3.63, 3.8) is 0 Å². The fraction of sp³-hybridized carbons (Fsp3) is 0.423. The summed E-state index contributed by atoms with van der Waals surface area (Å²) in [5.74, 6) is 0.742. The van der Waals surface area contributed by atoms with Crippen LogP contribution >= 0.6 is 0 Å². The summed E-state index contributed by atoms with van der Waals surface area (Å²) < 4.78 is 7.01. The van der Waals surface area contributed by atoms with Crippen molar-refractivity contribution in [2.24, 2.45) is 5.92 Å². The number of carbonyl (C=O) groups is 1. The summed E-state index contributed by atoms with van der Waals surface area (Å²) >= 11 is 0. The maximum atomic E-state index is 12.5. The van der Waals surface area contributed by atoms with Gasteiger partial charge in [0.1, 0.15) is 0 Å². The minimum atomic E-state index is -0.172. The number of nitrogens with zero attached hydrogens (tertiary/aromatic N) is 5. The normalized spacial score (nSPS) is 15.3. The van der Waals surface area contributed by atoms with E-state index in [4.69, 9.17) is 4.74 Å². The first-order valence-corrected chi connectivity index (χ1v) is 12.0. The van der Waals surface area contributed by atoms with E-state index in [9.17, 15) is 10.1 Å². The van der Waals surface area contributed by atoms with Crippen molar-refractivity contribution < 1.29 is 9.53 Å². The zero-order chi connectivity index (χ0) is 24.6. The van der Waals surface area contributed by atoms with Gasteiger partial charge in [-0.2, -0.15) is 10.4 Å². The molecule has 182 valence electrons. The van der Waals surface area contributed by atoms with Gasteiger partial charge in [0, 0.05) is 42.4 Å². The number of carbonyl (C=O) groups excluding carboxylic acids is 1. The molecule has 1 amide bonds. The summed E-state index contributed by atoms with van der Waals surface area (Å²) in [6, 6.07) is 11.4. The molecule has 9 heteroatoms. The quantitative estimate of drug-likeness (QED) is 0.445. The van der Waals surface area contributed by atoms with Crippen molar-refractivity contribution in [2.75, 3.05) is 19.0 Å². The molecule has 9 nitrogen and oxygen atoms in total. The van der Waals surface area contributed by atoms with Crippen molar-refractivity contribution in [1.82, 2.24) is 25.1 Å². The van der Waals surface area contributed by atoms with Gasteiger partial charge in [0.2, 0.25) is 5.95 Å². The van der Waals surface area contributed by atoms with Crippen LogP contribution in [0, 0.1) is 17.2 Å². The molecule has 0 bridgehead atoms. The number of methoxy groups -OCH3 is 1. The fourth-order valence-corrected chi connectivity index (χ4v) is 4.61. The number of hydrogen-bond acceptors (Lipinski definition) is 7. The number of aromatic nitrogens is 4. The van der Waals surface area contributed by atoms with Gasteiger partial charge in [-0.3, -0.25) is 9.48 Å². The second-order valence-corrected chi connectivity index (χ2v) is 8.98. The number of ether oxygens (including phenoxy) is 1. The van der Waals surface area contributed by atoms with Crippen molar-refractivity contribution in [3.8, 4) is 17.3 Å². The lowest BCUT2D eigenvalue weighted by Gasteiger charge is -2.21. The number of benzene rings is 1.